The van der Waals surface area contributed by atoms with Crippen LogP contribution in [0.5, 0.6) is 0 Å². The van der Waals surface area contributed by atoms with Crippen molar-refractivity contribution in [1.29, 1.82) is 0 Å². The van der Waals surface area contributed by atoms with E-state index in [0.717, 1.165) is 23.7 Å². The highest BCUT2D eigenvalue weighted by Gasteiger charge is 2.18. The Balaban J connectivity index is 2.21. The number of amides is 1. The van der Waals surface area contributed by atoms with E-state index in [9.17, 15) is 4.79 Å². The van der Waals surface area contributed by atoms with E-state index >= 15 is 0 Å². The first kappa shape index (κ1) is 16.4. The lowest BCUT2D eigenvalue weighted by molar-refractivity contribution is 0.0921. The molecule has 0 fully saturated rings. The fourth-order valence-corrected chi connectivity index (χ4v) is 2.74. The maximum atomic E-state index is 12.6. The first-order valence-electron chi connectivity index (χ1n) is 7.76. The van der Waals surface area contributed by atoms with Crippen LogP contribution in [0, 0.1) is 5.92 Å². The molecular formula is C18H25N3O. The first-order valence-corrected chi connectivity index (χ1v) is 7.76. The molecule has 1 amide bonds. The van der Waals surface area contributed by atoms with E-state index in [1.807, 2.05) is 44.4 Å². The van der Waals surface area contributed by atoms with Gasteiger partial charge in [0.1, 0.15) is 5.69 Å². The number of aromatic nitrogens is 1. The summed E-state index contributed by atoms with van der Waals surface area (Å²) in [6.07, 6.45) is 2.65. The highest BCUT2D eigenvalue weighted by Crippen LogP contribution is 2.16. The lowest BCUT2D eigenvalue weighted by Gasteiger charge is -2.24. The largest absolute Gasteiger partial charge is 0.347 e. The highest BCUT2D eigenvalue weighted by molar-refractivity contribution is 6.05. The Bertz CT molecular complexity index is 622. The Labute approximate surface area is 132 Å². The lowest BCUT2D eigenvalue weighted by Crippen LogP contribution is -2.42. The minimum atomic E-state index is -0.0932. The van der Waals surface area contributed by atoms with E-state index in [-0.39, 0.29) is 11.9 Å². The number of hydrogen-bond acceptors (Lipinski definition) is 3. The van der Waals surface area contributed by atoms with Crippen molar-refractivity contribution in [3.05, 3.63) is 42.2 Å². The van der Waals surface area contributed by atoms with Crippen molar-refractivity contribution < 1.29 is 4.79 Å². The molecule has 0 saturated heterocycles. The van der Waals surface area contributed by atoms with E-state index in [2.05, 4.69) is 29.0 Å². The van der Waals surface area contributed by atoms with Crippen molar-refractivity contribution in [2.75, 3.05) is 20.6 Å². The molecule has 0 aliphatic carbocycles. The van der Waals surface area contributed by atoms with Crippen LogP contribution >= 0.6 is 0 Å². The van der Waals surface area contributed by atoms with E-state index in [4.69, 9.17) is 0 Å². The quantitative estimate of drug-likeness (QED) is 0.892. The third-order valence-corrected chi connectivity index (χ3v) is 3.57. The van der Waals surface area contributed by atoms with Crippen LogP contribution in [0.1, 0.15) is 30.8 Å². The van der Waals surface area contributed by atoms with Gasteiger partial charge in [-0.3, -0.25) is 9.78 Å². The van der Waals surface area contributed by atoms with Crippen molar-refractivity contribution >= 4 is 16.7 Å². The zero-order valence-corrected chi connectivity index (χ0v) is 13.8. The summed E-state index contributed by atoms with van der Waals surface area (Å²) >= 11 is 0. The summed E-state index contributed by atoms with van der Waals surface area (Å²) in [7, 11) is 4.05. The number of hydrogen-bond donors (Lipinski definition) is 1. The fourth-order valence-electron chi connectivity index (χ4n) is 2.74. The molecule has 0 spiro atoms. The summed E-state index contributed by atoms with van der Waals surface area (Å²) in [6.45, 7) is 5.17. The van der Waals surface area contributed by atoms with E-state index in [0.29, 0.717) is 11.6 Å². The molecule has 1 aromatic heterocycles. The molecule has 22 heavy (non-hydrogen) atoms. The Kier molecular flexibility index (Phi) is 5.50. The number of likely N-dealkylation sites (N-methyl/N-ethyl adjacent to an activating group) is 1. The summed E-state index contributed by atoms with van der Waals surface area (Å²) in [5.74, 6) is 0.440. The normalized spacial score (nSPS) is 12.8. The van der Waals surface area contributed by atoms with Gasteiger partial charge in [0.2, 0.25) is 0 Å². The van der Waals surface area contributed by atoms with Gasteiger partial charge in [0, 0.05) is 24.2 Å². The second-order valence-corrected chi connectivity index (χ2v) is 6.44. The van der Waals surface area contributed by atoms with Gasteiger partial charge in [-0.05, 0) is 37.9 Å². The minimum Gasteiger partial charge on any atom is -0.347 e. The van der Waals surface area contributed by atoms with Gasteiger partial charge in [-0.1, -0.05) is 38.1 Å². The predicted molar refractivity (Wildman–Crippen MR) is 91.0 cm³/mol. The zero-order valence-electron chi connectivity index (χ0n) is 13.8. The maximum Gasteiger partial charge on any atom is 0.270 e. The van der Waals surface area contributed by atoms with Crippen molar-refractivity contribution in [3.8, 4) is 0 Å². The number of nitrogens with one attached hydrogen (secondary N) is 1. The molecule has 0 aliphatic rings. The van der Waals surface area contributed by atoms with Crippen LogP contribution < -0.4 is 5.32 Å². The summed E-state index contributed by atoms with van der Waals surface area (Å²) in [4.78, 5) is 19.0. The van der Waals surface area contributed by atoms with Gasteiger partial charge < -0.3 is 10.2 Å². The molecule has 2 aromatic rings. The SMILES string of the molecule is CC(C)CC(CN(C)C)NC(=O)c1nccc2ccccc12. The highest BCUT2D eigenvalue weighted by atomic mass is 16.1. The number of carbonyl (C=O) groups excluding carboxylic acids is 1. The molecule has 1 atom stereocenters. The molecule has 0 radical (unpaired) electrons. The summed E-state index contributed by atoms with van der Waals surface area (Å²) in [5.41, 5.74) is 0.505. The van der Waals surface area contributed by atoms with Crippen molar-refractivity contribution in [3.63, 3.8) is 0 Å². The molecule has 1 heterocycles. The average molecular weight is 299 g/mol. The van der Waals surface area contributed by atoms with Crippen LogP contribution in [-0.2, 0) is 0 Å². The molecule has 0 saturated carbocycles. The summed E-state index contributed by atoms with van der Waals surface area (Å²) < 4.78 is 0. The van der Waals surface area contributed by atoms with Gasteiger partial charge in [0.25, 0.3) is 5.91 Å². The molecule has 1 aromatic carbocycles. The summed E-state index contributed by atoms with van der Waals surface area (Å²) in [5, 5.41) is 5.08. The van der Waals surface area contributed by atoms with Crippen molar-refractivity contribution in [2.45, 2.75) is 26.3 Å². The van der Waals surface area contributed by atoms with Crippen LogP contribution in [0.3, 0.4) is 0 Å². The molecule has 0 bridgehead atoms. The number of carbonyl (C=O) groups is 1. The molecule has 2 rings (SSSR count). The standard InChI is InChI=1S/C18H25N3O/c1-13(2)11-15(12-21(3)4)20-18(22)17-16-8-6-5-7-14(16)9-10-19-17/h5-10,13,15H,11-12H2,1-4H3,(H,20,22). The number of benzene rings is 1. The third-order valence-electron chi connectivity index (χ3n) is 3.57. The average Bonchev–Trinajstić information content (AvgIpc) is 2.45. The van der Waals surface area contributed by atoms with Gasteiger partial charge in [-0.25, -0.2) is 0 Å². The van der Waals surface area contributed by atoms with Gasteiger partial charge >= 0.3 is 0 Å². The fraction of sp³-hybridized carbons (Fsp3) is 0.444. The Morgan fingerprint density at radius 1 is 1.23 bits per heavy atom. The molecule has 4 heteroatoms. The second-order valence-electron chi connectivity index (χ2n) is 6.44. The van der Waals surface area contributed by atoms with Crippen LogP contribution in [0.2, 0.25) is 0 Å². The molecule has 118 valence electrons. The molecule has 4 nitrogen and oxygen atoms in total. The monoisotopic (exact) mass is 299 g/mol. The van der Waals surface area contributed by atoms with Crippen LogP contribution in [0.4, 0.5) is 0 Å². The van der Waals surface area contributed by atoms with Crippen LogP contribution in [-0.4, -0.2) is 42.5 Å². The Morgan fingerprint density at radius 2 is 1.95 bits per heavy atom. The Morgan fingerprint density at radius 3 is 2.64 bits per heavy atom. The topological polar surface area (TPSA) is 45.2 Å². The van der Waals surface area contributed by atoms with Gasteiger partial charge in [-0.2, -0.15) is 0 Å². The van der Waals surface area contributed by atoms with Crippen LogP contribution in [0.25, 0.3) is 10.8 Å². The van der Waals surface area contributed by atoms with Crippen molar-refractivity contribution in [2.24, 2.45) is 5.92 Å². The predicted octanol–water partition coefficient (Wildman–Crippen LogP) is 2.94. The number of rotatable bonds is 6. The van der Waals surface area contributed by atoms with Gasteiger partial charge in [0.05, 0.1) is 0 Å². The summed E-state index contributed by atoms with van der Waals surface area (Å²) in [6, 6.07) is 9.91. The number of fused-ring (bicyclic) bond motifs is 1. The molecule has 1 unspecified atom stereocenters. The number of pyridine rings is 1. The van der Waals surface area contributed by atoms with E-state index in [1.54, 1.807) is 6.20 Å². The van der Waals surface area contributed by atoms with E-state index in [1.165, 1.54) is 0 Å². The molecular weight excluding hydrogens is 274 g/mol. The van der Waals surface area contributed by atoms with Gasteiger partial charge in [0.15, 0.2) is 0 Å². The second kappa shape index (κ2) is 7.36. The van der Waals surface area contributed by atoms with Gasteiger partial charge in [-0.15, -0.1) is 0 Å². The zero-order chi connectivity index (χ0) is 16.1. The smallest absolute Gasteiger partial charge is 0.270 e. The van der Waals surface area contributed by atoms with E-state index < -0.39 is 0 Å². The first-order chi connectivity index (χ1) is 10.5. The lowest BCUT2D eigenvalue weighted by atomic mass is 10.0. The molecule has 0 aliphatic heterocycles. The minimum absolute atomic E-state index is 0.0932. The van der Waals surface area contributed by atoms with Crippen LogP contribution in [0.15, 0.2) is 36.5 Å². The van der Waals surface area contributed by atoms with Crippen molar-refractivity contribution in [1.82, 2.24) is 15.2 Å². The maximum absolute atomic E-state index is 12.6. The third kappa shape index (κ3) is 4.28. The Hall–Kier alpha value is -1.94. The molecule has 1 N–H and O–H groups in total. The number of nitrogens with zero attached hydrogens (tertiary/aromatic N) is 2.